The van der Waals surface area contributed by atoms with Gasteiger partial charge in [-0.1, -0.05) is 18.6 Å². The first-order valence-corrected chi connectivity index (χ1v) is 8.49. The second-order valence-electron chi connectivity index (χ2n) is 4.51. The van der Waals surface area contributed by atoms with Crippen molar-refractivity contribution in [3.63, 3.8) is 0 Å². The third-order valence-electron chi connectivity index (χ3n) is 3.35. The number of nitrogens with one attached hydrogen (secondary N) is 1. The van der Waals surface area contributed by atoms with Gasteiger partial charge in [-0.2, -0.15) is 11.8 Å². The highest BCUT2D eigenvalue weighted by Crippen LogP contribution is 2.33. The summed E-state index contributed by atoms with van der Waals surface area (Å²) in [5.41, 5.74) is 7.65. The molecule has 1 aliphatic carbocycles. The Morgan fingerprint density at radius 2 is 2.28 bits per heavy atom. The van der Waals surface area contributed by atoms with Crippen LogP contribution in [0.1, 0.15) is 24.8 Å². The predicted molar refractivity (Wildman–Crippen MR) is 88.6 cm³/mol. The Morgan fingerprint density at radius 1 is 1.50 bits per heavy atom. The third-order valence-corrected chi connectivity index (χ3v) is 5.41. The smallest absolute Gasteiger partial charge is 0.104 e. The van der Waals surface area contributed by atoms with Gasteiger partial charge in [0.15, 0.2) is 0 Å². The first-order valence-electron chi connectivity index (χ1n) is 6.00. The number of nitrogens with two attached hydrogens (primary N) is 1. The van der Waals surface area contributed by atoms with Crippen molar-refractivity contribution in [3.8, 4) is 0 Å². The maximum atomic E-state index is 5.63. The zero-order valence-electron chi connectivity index (χ0n) is 10.3. The maximum Gasteiger partial charge on any atom is 0.104 e. The van der Waals surface area contributed by atoms with E-state index in [4.69, 9.17) is 18.0 Å². The molecule has 1 aromatic rings. The first kappa shape index (κ1) is 14.2. The van der Waals surface area contributed by atoms with Crippen molar-refractivity contribution in [3.05, 3.63) is 28.2 Å². The SMILES string of the molecule is CSC1CCCC1Nc1ccc(C(N)=S)cc1Br. The summed E-state index contributed by atoms with van der Waals surface area (Å²) in [5.74, 6) is 0. The van der Waals surface area contributed by atoms with Crippen molar-refractivity contribution in [2.24, 2.45) is 5.73 Å². The Balaban J connectivity index is 2.12. The number of hydrogen-bond acceptors (Lipinski definition) is 3. The quantitative estimate of drug-likeness (QED) is 0.815. The van der Waals surface area contributed by atoms with Crippen LogP contribution in [0.25, 0.3) is 0 Å². The van der Waals surface area contributed by atoms with E-state index in [9.17, 15) is 0 Å². The second kappa shape index (κ2) is 6.26. The van der Waals surface area contributed by atoms with E-state index in [2.05, 4.69) is 27.5 Å². The minimum absolute atomic E-state index is 0.435. The van der Waals surface area contributed by atoms with Gasteiger partial charge in [0.25, 0.3) is 0 Å². The van der Waals surface area contributed by atoms with Gasteiger partial charge in [0.2, 0.25) is 0 Å². The normalized spacial score (nSPS) is 23.0. The lowest BCUT2D eigenvalue weighted by Gasteiger charge is -2.21. The fourth-order valence-electron chi connectivity index (χ4n) is 2.36. The van der Waals surface area contributed by atoms with Crippen LogP contribution in [-0.2, 0) is 0 Å². The van der Waals surface area contributed by atoms with Crippen molar-refractivity contribution in [2.75, 3.05) is 11.6 Å². The predicted octanol–water partition coefficient (Wildman–Crippen LogP) is 3.78. The summed E-state index contributed by atoms with van der Waals surface area (Å²) >= 11 is 10.5. The van der Waals surface area contributed by atoms with Crippen molar-refractivity contribution in [1.29, 1.82) is 0 Å². The van der Waals surface area contributed by atoms with Gasteiger partial charge < -0.3 is 11.1 Å². The van der Waals surface area contributed by atoms with E-state index in [1.54, 1.807) is 0 Å². The molecule has 0 amide bonds. The molecule has 2 atom stereocenters. The molecule has 1 fully saturated rings. The molecule has 3 N–H and O–H groups in total. The fraction of sp³-hybridized carbons (Fsp3) is 0.462. The van der Waals surface area contributed by atoms with Gasteiger partial charge in [-0.05, 0) is 53.2 Å². The molecule has 0 heterocycles. The second-order valence-corrected chi connectivity index (χ2v) is 6.89. The molecular formula is C13H17BrN2S2. The largest absolute Gasteiger partial charge is 0.389 e. The van der Waals surface area contributed by atoms with Crippen LogP contribution in [0.4, 0.5) is 5.69 Å². The average Bonchev–Trinajstić information content (AvgIpc) is 2.78. The monoisotopic (exact) mass is 344 g/mol. The number of benzene rings is 1. The molecule has 0 bridgehead atoms. The zero-order chi connectivity index (χ0) is 13.1. The Kier molecular flexibility index (Phi) is 4.92. The van der Waals surface area contributed by atoms with Crippen LogP contribution in [0.15, 0.2) is 22.7 Å². The van der Waals surface area contributed by atoms with E-state index in [1.165, 1.54) is 19.3 Å². The van der Waals surface area contributed by atoms with E-state index in [1.807, 2.05) is 30.0 Å². The van der Waals surface area contributed by atoms with Gasteiger partial charge in [-0.25, -0.2) is 0 Å². The van der Waals surface area contributed by atoms with Gasteiger partial charge >= 0.3 is 0 Å². The van der Waals surface area contributed by atoms with Gasteiger partial charge in [0.1, 0.15) is 4.99 Å². The molecule has 1 aromatic carbocycles. The van der Waals surface area contributed by atoms with Gasteiger partial charge in [0.05, 0.1) is 0 Å². The van der Waals surface area contributed by atoms with Crippen LogP contribution < -0.4 is 11.1 Å². The van der Waals surface area contributed by atoms with Crippen molar-refractivity contribution < 1.29 is 0 Å². The van der Waals surface area contributed by atoms with E-state index in [0.717, 1.165) is 15.7 Å². The molecular weight excluding hydrogens is 328 g/mol. The summed E-state index contributed by atoms with van der Waals surface area (Å²) in [4.78, 5) is 0.435. The Bertz CT molecular complexity index is 451. The molecule has 0 saturated heterocycles. The minimum atomic E-state index is 0.435. The number of rotatable bonds is 4. The van der Waals surface area contributed by atoms with Crippen LogP contribution in [-0.4, -0.2) is 22.5 Å². The van der Waals surface area contributed by atoms with Crippen LogP contribution >= 0.6 is 39.9 Å². The van der Waals surface area contributed by atoms with Gasteiger partial charge in [0, 0.05) is 27.0 Å². The summed E-state index contributed by atoms with van der Waals surface area (Å²) in [6, 6.07) is 6.56. The Labute approximate surface area is 126 Å². The summed E-state index contributed by atoms with van der Waals surface area (Å²) in [5, 5.41) is 4.34. The molecule has 18 heavy (non-hydrogen) atoms. The molecule has 0 aromatic heterocycles. The lowest BCUT2D eigenvalue weighted by molar-refractivity contribution is 0.768. The summed E-state index contributed by atoms with van der Waals surface area (Å²) < 4.78 is 1.03. The Hall–Kier alpha value is -0.260. The number of anilines is 1. The lowest BCUT2D eigenvalue weighted by Crippen LogP contribution is -2.26. The highest BCUT2D eigenvalue weighted by molar-refractivity contribution is 9.10. The van der Waals surface area contributed by atoms with Gasteiger partial charge in [-0.15, -0.1) is 0 Å². The van der Waals surface area contributed by atoms with E-state index in [-0.39, 0.29) is 0 Å². The molecule has 5 heteroatoms. The third kappa shape index (κ3) is 3.19. The molecule has 0 radical (unpaired) electrons. The molecule has 2 rings (SSSR count). The van der Waals surface area contributed by atoms with Gasteiger partial charge in [-0.3, -0.25) is 0 Å². The van der Waals surface area contributed by atoms with Crippen LogP contribution in [0, 0.1) is 0 Å². The molecule has 98 valence electrons. The number of thioether (sulfide) groups is 1. The summed E-state index contributed by atoms with van der Waals surface area (Å²) in [6.07, 6.45) is 6.05. The van der Waals surface area contributed by atoms with Crippen LogP contribution in [0.5, 0.6) is 0 Å². The molecule has 1 aliphatic rings. The molecule has 1 saturated carbocycles. The maximum absolute atomic E-state index is 5.63. The summed E-state index contributed by atoms with van der Waals surface area (Å²) in [6.45, 7) is 0. The fourth-order valence-corrected chi connectivity index (χ4v) is 3.91. The Morgan fingerprint density at radius 3 is 2.89 bits per heavy atom. The topological polar surface area (TPSA) is 38.0 Å². The zero-order valence-corrected chi connectivity index (χ0v) is 13.5. The minimum Gasteiger partial charge on any atom is -0.389 e. The van der Waals surface area contributed by atoms with E-state index in [0.29, 0.717) is 16.3 Å². The molecule has 0 aliphatic heterocycles. The molecule has 0 spiro atoms. The first-order chi connectivity index (χ1) is 8.61. The molecule has 2 unspecified atom stereocenters. The highest BCUT2D eigenvalue weighted by atomic mass is 79.9. The van der Waals surface area contributed by atoms with Crippen LogP contribution in [0.2, 0.25) is 0 Å². The average molecular weight is 345 g/mol. The van der Waals surface area contributed by atoms with Crippen LogP contribution in [0.3, 0.4) is 0 Å². The summed E-state index contributed by atoms with van der Waals surface area (Å²) in [7, 11) is 0. The number of hydrogen-bond donors (Lipinski definition) is 2. The molecule has 2 nitrogen and oxygen atoms in total. The van der Waals surface area contributed by atoms with E-state index < -0.39 is 0 Å². The van der Waals surface area contributed by atoms with Crippen molar-refractivity contribution >= 4 is 50.6 Å². The van der Waals surface area contributed by atoms with Crippen molar-refractivity contribution in [1.82, 2.24) is 0 Å². The van der Waals surface area contributed by atoms with Crippen molar-refractivity contribution in [2.45, 2.75) is 30.6 Å². The highest BCUT2D eigenvalue weighted by Gasteiger charge is 2.26. The lowest BCUT2D eigenvalue weighted by atomic mass is 10.2. The number of halogens is 1. The van der Waals surface area contributed by atoms with E-state index >= 15 is 0 Å². The standard InChI is InChI=1S/C13H17BrN2S2/c1-18-12-4-2-3-11(12)16-10-6-5-8(13(15)17)7-9(10)14/h5-7,11-12,16H,2-4H2,1H3,(H2,15,17). The number of thiocarbonyl (C=S) groups is 1.